The number of carbonyl (C=O) groups excluding carboxylic acids is 1. The Hall–Kier alpha value is -2.08. The second-order valence-electron chi connectivity index (χ2n) is 4.87. The van der Waals surface area contributed by atoms with Crippen LogP contribution in [0.3, 0.4) is 0 Å². The van der Waals surface area contributed by atoms with Crippen LogP contribution < -0.4 is 10.5 Å². The summed E-state index contributed by atoms with van der Waals surface area (Å²) in [5.41, 5.74) is 6.73. The van der Waals surface area contributed by atoms with E-state index in [4.69, 9.17) is 15.6 Å². The number of hydrogen-bond donors (Lipinski definition) is 2. The van der Waals surface area contributed by atoms with Crippen molar-refractivity contribution < 1.29 is 19.4 Å². The maximum Gasteiger partial charge on any atom is 0.304 e. The molecule has 116 valence electrons. The van der Waals surface area contributed by atoms with Crippen molar-refractivity contribution in [1.29, 1.82) is 0 Å². The lowest BCUT2D eigenvalue weighted by atomic mass is 10.00. The van der Waals surface area contributed by atoms with Crippen LogP contribution in [-0.2, 0) is 4.79 Å². The highest BCUT2D eigenvalue weighted by atomic mass is 16.5. The predicted octanol–water partition coefficient (Wildman–Crippen LogP) is 1.65. The molecule has 0 aliphatic heterocycles. The first-order chi connectivity index (χ1) is 9.90. The number of Topliss-reactive ketones (excluding diaryl/α,β-unsaturated/α-hetero) is 1. The number of rotatable bonds is 8. The van der Waals surface area contributed by atoms with Gasteiger partial charge in [-0.05, 0) is 31.7 Å². The third kappa shape index (κ3) is 4.46. The van der Waals surface area contributed by atoms with Crippen LogP contribution >= 0.6 is 0 Å². The summed E-state index contributed by atoms with van der Waals surface area (Å²) < 4.78 is 5.07. The fraction of sp³-hybridized carbons (Fsp3) is 0.467. The van der Waals surface area contributed by atoms with Crippen molar-refractivity contribution in [3.05, 3.63) is 23.8 Å². The Labute approximate surface area is 124 Å². The van der Waals surface area contributed by atoms with Gasteiger partial charge in [0.25, 0.3) is 0 Å². The molecule has 6 nitrogen and oxygen atoms in total. The Morgan fingerprint density at radius 1 is 1.43 bits per heavy atom. The predicted molar refractivity (Wildman–Crippen MR) is 80.7 cm³/mol. The first-order valence-electron chi connectivity index (χ1n) is 6.80. The Balaban J connectivity index is 2.87. The van der Waals surface area contributed by atoms with Crippen LogP contribution in [0.5, 0.6) is 5.75 Å². The van der Waals surface area contributed by atoms with Gasteiger partial charge in [-0.1, -0.05) is 6.92 Å². The molecule has 0 fully saturated rings. The number of hydrogen-bond acceptors (Lipinski definition) is 5. The van der Waals surface area contributed by atoms with Gasteiger partial charge in [-0.25, -0.2) is 0 Å². The average molecular weight is 294 g/mol. The first kappa shape index (κ1) is 17.0. The number of likely N-dealkylation sites (N-methyl/N-ethyl adjacent to an activating group) is 1. The minimum Gasteiger partial charge on any atom is -0.495 e. The SMILES string of the molecule is CCC(C(=O)c1ccc(OC)c(N)c1)N(C)CCC(=O)O. The largest absolute Gasteiger partial charge is 0.495 e. The summed E-state index contributed by atoms with van der Waals surface area (Å²) in [6, 6.07) is 4.56. The summed E-state index contributed by atoms with van der Waals surface area (Å²) in [7, 11) is 3.27. The summed E-state index contributed by atoms with van der Waals surface area (Å²) in [6.45, 7) is 2.22. The lowest BCUT2D eigenvalue weighted by molar-refractivity contribution is -0.137. The number of ketones is 1. The lowest BCUT2D eigenvalue weighted by Crippen LogP contribution is -2.39. The van der Waals surface area contributed by atoms with Gasteiger partial charge >= 0.3 is 5.97 Å². The van der Waals surface area contributed by atoms with E-state index in [9.17, 15) is 9.59 Å². The number of carbonyl (C=O) groups is 2. The number of ether oxygens (including phenoxy) is 1. The first-order valence-corrected chi connectivity index (χ1v) is 6.80. The second-order valence-corrected chi connectivity index (χ2v) is 4.87. The summed E-state index contributed by atoms with van der Waals surface area (Å²) >= 11 is 0. The third-order valence-electron chi connectivity index (χ3n) is 3.41. The minimum atomic E-state index is -0.877. The topological polar surface area (TPSA) is 92.9 Å². The highest BCUT2D eigenvalue weighted by molar-refractivity contribution is 6.01. The maximum atomic E-state index is 12.5. The number of nitrogens with zero attached hydrogens (tertiary/aromatic N) is 1. The Morgan fingerprint density at radius 3 is 2.57 bits per heavy atom. The molecule has 1 rings (SSSR count). The van der Waals surface area contributed by atoms with Gasteiger partial charge in [-0.3, -0.25) is 14.5 Å². The van der Waals surface area contributed by atoms with Gasteiger partial charge in [0.15, 0.2) is 5.78 Å². The highest BCUT2D eigenvalue weighted by Gasteiger charge is 2.23. The molecule has 1 aromatic rings. The number of carboxylic acids is 1. The normalized spacial score (nSPS) is 12.2. The molecular weight excluding hydrogens is 272 g/mol. The molecule has 1 atom stereocenters. The van der Waals surface area contributed by atoms with E-state index < -0.39 is 5.97 Å². The van der Waals surface area contributed by atoms with Gasteiger partial charge in [0.05, 0.1) is 25.3 Å². The van der Waals surface area contributed by atoms with Crippen molar-refractivity contribution >= 4 is 17.4 Å². The van der Waals surface area contributed by atoms with E-state index >= 15 is 0 Å². The zero-order valence-electron chi connectivity index (χ0n) is 12.6. The van der Waals surface area contributed by atoms with Crippen LogP contribution in [0, 0.1) is 0 Å². The van der Waals surface area contributed by atoms with Crippen molar-refractivity contribution in [3.63, 3.8) is 0 Å². The molecule has 0 amide bonds. The Kier molecular flexibility index (Phi) is 6.17. The minimum absolute atomic E-state index is 0.00499. The third-order valence-corrected chi connectivity index (χ3v) is 3.41. The number of anilines is 1. The molecule has 21 heavy (non-hydrogen) atoms. The molecule has 0 aromatic heterocycles. The van der Waals surface area contributed by atoms with E-state index in [1.165, 1.54) is 7.11 Å². The van der Waals surface area contributed by atoms with E-state index in [1.807, 2.05) is 6.92 Å². The van der Waals surface area contributed by atoms with Crippen LogP contribution in [0.4, 0.5) is 5.69 Å². The summed E-state index contributed by atoms with van der Waals surface area (Å²) in [5.74, 6) is -0.420. The molecule has 0 bridgehead atoms. The number of nitrogen functional groups attached to an aromatic ring is 1. The van der Waals surface area contributed by atoms with E-state index in [2.05, 4.69) is 0 Å². The smallest absolute Gasteiger partial charge is 0.304 e. The van der Waals surface area contributed by atoms with Crippen molar-refractivity contribution in [2.24, 2.45) is 0 Å². The van der Waals surface area contributed by atoms with E-state index in [0.717, 1.165) is 0 Å². The molecule has 3 N–H and O–H groups in total. The number of nitrogens with two attached hydrogens (primary N) is 1. The molecule has 0 aliphatic rings. The summed E-state index contributed by atoms with van der Waals surface area (Å²) in [4.78, 5) is 24.9. The molecule has 0 aliphatic carbocycles. The van der Waals surface area contributed by atoms with Crippen molar-refractivity contribution in [1.82, 2.24) is 4.90 Å². The van der Waals surface area contributed by atoms with Crippen LogP contribution in [0.15, 0.2) is 18.2 Å². The van der Waals surface area contributed by atoms with Gasteiger partial charge in [-0.2, -0.15) is 0 Å². The molecule has 0 spiro atoms. The highest BCUT2D eigenvalue weighted by Crippen LogP contribution is 2.23. The molecule has 0 radical (unpaired) electrons. The van der Waals surface area contributed by atoms with E-state index in [-0.39, 0.29) is 18.2 Å². The quantitative estimate of drug-likeness (QED) is 0.559. The maximum absolute atomic E-state index is 12.5. The molecular formula is C15H22N2O4. The second kappa shape index (κ2) is 7.64. The number of carboxylic acid groups (broad SMARTS) is 1. The van der Waals surface area contributed by atoms with Gasteiger partial charge in [0.2, 0.25) is 0 Å². The summed E-state index contributed by atoms with van der Waals surface area (Å²) in [6.07, 6.45) is 0.603. The van der Waals surface area contributed by atoms with Crippen LogP contribution in [-0.4, -0.2) is 48.5 Å². The molecule has 1 aromatic carbocycles. The zero-order valence-corrected chi connectivity index (χ0v) is 12.6. The molecule has 0 heterocycles. The molecule has 0 saturated carbocycles. The average Bonchev–Trinajstić information content (AvgIpc) is 2.45. The van der Waals surface area contributed by atoms with E-state index in [0.29, 0.717) is 30.0 Å². The molecule has 0 saturated heterocycles. The fourth-order valence-corrected chi connectivity index (χ4v) is 2.21. The van der Waals surface area contributed by atoms with Crippen molar-refractivity contribution in [2.45, 2.75) is 25.8 Å². The van der Waals surface area contributed by atoms with Crippen LogP contribution in [0.25, 0.3) is 0 Å². The number of benzene rings is 1. The monoisotopic (exact) mass is 294 g/mol. The van der Waals surface area contributed by atoms with E-state index in [1.54, 1.807) is 30.1 Å². The lowest BCUT2D eigenvalue weighted by Gasteiger charge is -2.25. The molecule has 1 unspecified atom stereocenters. The Bertz CT molecular complexity index is 516. The van der Waals surface area contributed by atoms with Gasteiger partial charge in [-0.15, -0.1) is 0 Å². The molecule has 6 heteroatoms. The standard InChI is InChI=1S/C15H22N2O4/c1-4-12(17(2)8-7-14(18)19)15(20)10-5-6-13(21-3)11(16)9-10/h5-6,9,12H,4,7-8,16H2,1-3H3,(H,18,19). The number of aliphatic carboxylic acids is 1. The zero-order chi connectivity index (χ0) is 16.0. The van der Waals surface area contributed by atoms with Crippen LogP contribution in [0.2, 0.25) is 0 Å². The van der Waals surface area contributed by atoms with Gasteiger partial charge in [0, 0.05) is 12.1 Å². The van der Waals surface area contributed by atoms with Gasteiger partial charge < -0.3 is 15.6 Å². The van der Waals surface area contributed by atoms with Gasteiger partial charge in [0.1, 0.15) is 5.75 Å². The fourth-order valence-electron chi connectivity index (χ4n) is 2.21. The van der Waals surface area contributed by atoms with Crippen molar-refractivity contribution in [2.75, 3.05) is 26.4 Å². The number of methoxy groups -OCH3 is 1. The van der Waals surface area contributed by atoms with Crippen LogP contribution in [0.1, 0.15) is 30.1 Å². The Morgan fingerprint density at radius 2 is 2.10 bits per heavy atom. The van der Waals surface area contributed by atoms with Crippen molar-refractivity contribution in [3.8, 4) is 5.75 Å². The summed E-state index contributed by atoms with van der Waals surface area (Å²) in [5, 5.41) is 8.72.